The van der Waals surface area contributed by atoms with Crippen LogP contribution in [0.3, 0.4) is 0 Å². The molecule has 1 rings (SSSR count). The minimum Gasteiger partial charge on any atom is -0.355 e. The van der Waals surface area contributed by atoms with Crippen LogP contribution in [0.25, 0.3) is 0 Å². The number of nitrogens with one attached hydrogen (secondary N) is 1. The van der Waals surface area contributed by atoms with E-state index >= 15 is 0 Å². The summed E-state index contributed by atoms with van der Waals surface area (Å²) in [5.74, 6) is 1.49. The van der Waals surface area contributed by atoms with Crippen LogP contribution in [0.5, 0.6) is 0 Å². The van der Waals surface area contributed by atoms with E-state index in [1.165, 1.54) is 0 Å². The maximum absolute atomic E-state index is 12.6. The summed E-state index contributed by atoms with van der Waals surface area (Å²) in [5, 5.41) is 2.81. The third-order valence-corrected chi connectivity index (χ3v) is 3.88. The van der Waals surface area contributed by atoms with E-state index < -0.39 is 0 Å². The second-order valence-electron chi connectivity index (χ2n) is 6.73. The Morgan fingerprint density at radius 2 is 1.75 bits per heavy atom. The van der Waals surface area contributed by atoms with Crippen LogP contribution in [0.1, 0.15) is 53.4 Å². The molecule has 4 heteroatoms. The SMILES string of the molecule is CC(C)CCN(CCC(C)C)C(=O)C1CCC(=O)NC1. The van der Waals surface area contributed by atoms with Crippen molar-refractivity contribution in [3.8, 4) is 0 Å². The van der Waals surface area contributed by atoms with Crippen molar-refractivity contribution >= 4 is 11.8 Å². The van der Waals surface area contributed by atoms with Gasteiger partial charge in [-0.25, -0.2) is 0 Å². The average Bonchev–Trinajstić information content (AvgIpc) is 2.38. The van der Waals surface area contributed by atoms with Gasteiger partial charge in [-0.1, -0.05) is 27.7 Å². The Morgan fingerprint density at radius 1 is 1.20 bits per heavy atom. The molecule has 4 nitrogen and oxygen atoms in total. The van der Waals surface area contributed by atoms with E-state index in [4.69, 9.17) is 0 Å². The topological polar surface area (TPSA) is 49.4 Å². The first-order valence-electron chi connectivity index (χ1n) is 7.95. The maximum atomic E-state index is 12.6. The van der Waals surface area contributed by atoms with Crippen LogP contribution in [0, 0.1) is 17.8 Å². The predicted octanol–water partition coefficient (Wildman–Crippen LogP) is 2.43. The first-order valence-corrected chi connectivity index (χ1v) is 7.95. The van der Waals surface area contributed by atoms with Gasteiger partial charge in [0, 0.05) is 26.1 Å². The van der Waals surface area contributed by atoms with Crippen LogP contribution in [0.2, 0.25) is 0 Å². The summed E-state index contributed by atoms with van der Waals surface area (Å²) in [6.07, 6.45) is 3.27. The zero-order valence-electron chi connectivity index (χ0n) is 13.4. The van der Waals surface area contributed by atoms with Crippen LogP contribution >= 0.6 is 0 Å². The fraction of sp³-hybridized carbons (Fsp3) is 0.875. The van der Waals surface area contributed by atoms with E-state index in [2.05, 4.69) is 33.0 Å². The van der Waals surface area contributed by atoms with Gasteiger partial charge in [-0.05, 0) is 31.1 Å². The molecule has 0 aromatic rings. The van der Waals surface area contributed by atoms with Gasteiger partial charge in [-0.2, -0.15) is 0 Å². The van der Waals surface area contributed by atoms with Gasteiger partial charge in [-0.15, -0.1) is 0 Å². The first kappa shape index (κ1) is 17.0. The van der Waals surface area contributed by atoms with Crippen molar-refractivity contribution in [3.63, 3.8) is 0 Å². The predicted molar refractivity (Wildman–Crippen MR) is 81.2 cm³/mol. The number of rotatable bonds is 7. The van der Waals surface area contributed by atoms with Crippen molar-refractivity contribution < 1.29 is 9.59 Å². The molecular weight excluding hydrogens is 252 g/mol. The lowest BCUT2D eigenvalue weighted by Gasteiger charge is -2.30. The number of carbonyl (C=O) groups is 2. The highest BCUT2D eigenvalue weighted by Crippen LogP contribution is 2.16. The highest BCUT2D eigenvalue weighted by molar-refractivity contribution is 5.83. The van der Waals surface area contributed by atoms with E-state index in [0.29, 0.717) is 31.2 Å². The molecular formula is C16H30N2O2. The number of piperidine rings is 1. The molecule has 0 aromatic heterocycles. The Kier molecular flexibility index (Phi) is 7.03. The number of nitrogens with zero attached hydrogens (tertiary/aromatic N) is 1. The lowest BCUT2D eigenvalue weighted by atomic mass is 9.97. The first-order chi connectivity index (χ1) is 9.40. The Morgan fingerprint density at radius 3 is 2.15 bits per heavy atom. The summed E-state index contributed by atoms with van der Waals surface area (Å²) in [6.45, 7) is 10.9. The van der Waals surface area contributed by atoms with Crippen molar-refractivity contribution in [2.75, 3.05) is 19.6 Å². The molecule has 1 N–H and O–H groups in total. The standard InChI is InChI=1S/C16H30N2O2/c1-12(2)7-9-18(10-8-13(3)4)16(20)14-5-6-15(19)17-11-14/h12-14H,5-11H2,1-4H3,(H,17,19). The Hall–Kier alpha value is -1.06. The van der Waals surface area contributed by atoms with Gasteiger partial charge in [0.05, 0.1) is 5.92 Å². The van der Waals surface area contributed by atoms with Gasteiger partial charge in [0.1, 0.15) is 0 Å². The van der Waals surface area contributed by atoms with E-state index in [1.807, 2.05) is 4.90 Å². The normalized spacial score (nSPS) is 19.3. The maximum Gasteiger partial charge on any atom is 0.227 e. The van der Waals surface area contributed by atoms with Crippen LogP contribution in [0.4, 0.5) is 0 Å². The Labute approximate surface area is 123 Å². The lowest BCUT2D eigenvalue weighted by Crippen LogP contribution is -2.45. The molecule has 2 amide bonds. The van der Waals surface area contributed by atoms with Crippen molar-refractivity contribution in [1.82, 2.24) is 10.2 Å². The number of carbonyl (C=O) groups excluding carboxylic acids is 2. The van der Waals surface area contributed by atoms with Crippen molar-refractivity contribution in [2.45, 2.75) is 53.4 Å². The Bertz CT molecular complexity index is 304. The molecule has 1 aliphatic heterocycles. The molecule has 1 saturated heterocycles. The highest BCUT2D eigenvalue weighted by Gasteiger charge is 2.28. The Balaban J connectivity index is 2.55. The third kappa shape index (κ3) is 5.93. The summed E-state index contributed by atoms with van der Waals surface area (Å²) in [4.78, 5) is 25.8. The van der Waals surface area contributed by atoms with Gasteiger partial charge < -0.3 is 10.2 Å². The summed E-state index contributed by atoms with van der Waals surface area (Å²) in [7, 11) is 0. The molecule has 0 aliphatic carbocycles. The summed E-state index contributed by atoms with van der Waals surface area (Å²) < 4.78 is 0. The number of hydrogen-bond donors (Lipinski definition) is 1. The summed E-state index contributed by atoms with van der Waals surface area (Å²) >= 11 is 0. The molecule has 20 heavy (non-hydrogen) atoms. The zero-order chi connectivity index (χ0) is 15.1. The van der Waals surface area contributed by atoms with Crippen LogP contribution < -0.4 is 5.32 Å². The van der Waals surface area contributed by atoms with E-state index in [1.54, 1.807) is 0 Å². The molecule has 1 unspecified atom stereocenters. The molecule has 0 radical (unpaired) electrons. The largest absolute Gasteiger partial charge is 0.355 e. The number of hydrogen-bond acceptors (Lipinski definition) is 2. The van der Waals surface area contributed by atoms with Crippen LogP contribution in [-0.2, 0) is 9.59 Å². The van der Waals surface area contributed by atoms with Crippen LogP contribution in [-0.4, -0.2) is 36.3 Å². The molecule has 0 aromatic carbocycles. The average molecular weight is 282 g/mol. The molecule has 1 atom stereocenters. The lowest BCUT2D eigenvalue weighted by molar-refractivity contribution is -0.137. The second kappa shape index (κ2) is 8.28. The minimum atomic E-state index is -0.0213. The summed E-state index contributed by atoms with van der Waals surface area (Å²) in [5.41, 5.74) is 0. The molecule has 0 spiro atoms. The fourth-order valence-electron chi connectivity index (χ4n) is 2.36. The molecule has 116 valence electrons. The molecule has 1 heterocycles. The van der Waals surface area contributed by atoms with Crippen molar-refractivity contribution in [1.29, 1.82) is 0 Å². The van der Waals surface area contributed by atoms with E-state index in [0.717, 1.165) is 25.9 Å². The number of amides is 2. The molecule has 0 saturated carbocycles. The van der Waals surface area contributed by atoms with Gasteiger partial charge in [0.2, 0.25) is 11.8 Å². The van der Waals surface area contributed by atoms with E-state index in [9.17, 15) is 9.59 Å². The van der Waals surface area contributed by atoms with Gasteiger partial charge in [0.15, 0.2) is 0 Å². The van der Waals surface area contributed by atoms with Gasteiger partial charge >= 0.3 is 0 Å². The highest BCUT2D eigenvalue weighted by atomic mass is 16.2. The minimum absolute atomic E-state index is 0.0213. The second-order valence-corrected chi connectivity index (χ2v) is 6.73. The molecule has 0 bridgehead atoms. The molecule has 1 fully saturated rings. The van der Waals surface area contributed by atoms with Crippen molar-refractivity contribution in [2.24, 2.45) is 17.8 Å². The fourth-order valence-corrected chi connectivity index (χ4v) is 2.36. The summed E-state index contributed by atoms with van der Waals surface area (Å²) in [6, 6.07) is 0. The van der Waals surface area contributed by atoms with Crippen LogP contribution in [0.15, 0.2) is 0 Å². The zero-order valence-corrected chi connectivity index (χ0v) is 13.4. The monoisotopic (exact) mass is 282 g/mol. The third-order valence-electron chi connectivity index (χ3n) is 3.88. The van der Waals surface area contributed by atoms with Crippen molar-refractivity contribution in [3.05, 3.63) is 0 Å². The molecule has 1 aliphatic rings. The quantitative estimate of drug-likeness (QED) is 0.779. The van der Waals surface area contributed by atoms with Gasteiger partial charge in [-0.3, -0.25) is 9.59 Å². The van der Waals surface area contributed by atoms with E-state index in [-0.39, 0.29) is 17.7 Å². The van der Waals surface area contributed by atoms with Gasteiger partial charge in [0.25, 0.3) is 0 Å². The smallest absolute Gasteiger partial charge is 0.227 e.